The van der Waals surface area contributed by atoms with Gasteiger partial charge < -0.3 is 0 Å². The van der Waals surface area contributed by atoms with Crippen LogP contribution in [-0.4, -0.2) is 6.29 Å². The molecule has 1 nitrogen and oxygen atoms in total. The summed E-state index contributed by atoms with van der Waals surface area (Å²) >= 11 is 1.44. The van der Waals surface area contributed by atoms with Crippen molar-refractivity contribution in [1.29, 1.82) is 0 Å². The molecule has 66 valence electrons. The van der Waals surface area contributed by atoms with Crippen LogP contribution in [0.4, 0.5) is 0 Å². The molecule has 0 amide bonds. The number of carbonyl (C=O) groups is 1. The molecule has 0 spiro atoms. The van der Waals surface area contributed by atoms with Crippen LogP contribution in [0.15, 0.2) is 43.5 Å². The number of rotatable bonds is 4. The van der Waals surface area contributed by atoms with Crippen LogP contribution in [0.5, 0.6) is 0 Å². The van der Waals surface area contributed by atoms with E-state index in [1.807, 2.05) is 18.2 Å². The Morgan fingerprint density at radius 1 is 1.46 bits per heavy atom. The summed E-state index contributed by atoms with van der Waals surface area (Å²) in [7, 11) is 0. The van der Waals surface area contributed by atoms with Crippen molar-refractivity contribution in [2.75, 3.05) is 0 Å². The largest absolute Gasteiger partial charge is 0.297 e. The van der Waals surface area contributed by atoms with Crippen molar-refractivity contribution in [2.45, 2.75) is 0 Å². The third kappa shape index (κ3) is 2.53. The molecule has 0 aliphatic rings. The summed E-state index contributed by atoms with van der Waals surface area (Å²) in [5, 5.41) is 0. The molecule has 0 aromatic carbocycles. The molecule has 0 saturated heterocycles. The number of aldehydes is 1. The zero-order valence-corrected chi connectivity index (χ0v) is 8.01. The third-order valence-electron chi connectivity index (χ3n) is 1.49. The summed E-state index contributed by atoms with van der Waals surface area (Å²) in [5.74, 6) is 0. The van der Waals surface area contributed by atoms with E-state index in [0.717, 1.165) is 21.6 Å². The van der Waals surface area contributed by atoms with E-state index < -0.39 is 0 Å². The molecule has 2 heteroatoms. The van der Waals surface area contributed by atoms with Crippen molar-refractivity contribution in [2.24, 2.45) is 0 Å². The van der Waals surface area contributed by atoms with Gasteiger partial charge in [-0.15, -0.1) is 11.3 Å². The molecule has 0 aliphatic carbocycles. The Morgan fingerprint density at radius 3 is 2.77 bits per heavy atom. The lowest BCUT2D eigenvalue weighted by Gasteiger charge is -1.91. The maximum Gasteiger partial charge on any atom is 0.160 e. The normalized spacial score (nSPS) is 10.2. The number of allylic oxidation sites excluding steroid dienone is 4. The van der Waals surface area contributed by atoms with Gasteiger partial charge in [-0.05, 0) is 17.7 Å². The average Bonchev–Trinajstić information content (AvgIpc) is 2.62. The monoisotopic (exact) mass is 190 g/mol. The lowest BCUT2D eigenvalue weighted by molar-refractivity contribution is 0.112. The van der Waals surface area contributed by atoms with Gasteiger partial charge in [-0.2, -0.15) is 0 Å². The molecule has 0 N–H and O–H groups in total. The maximum absolute atomic E-state index is 10.4. The van der Waals surface area contributed by atoms with E-state index in [1.54, 1.807) is 12.1 Å². The lowest BCUT2D eigenvalue weighted by Crippen LogP contribution is -1.68. The fraction of sp³-hybridized carbons (Fsp3) is 0. The molecule has 13 heavy (non-hydrogen) atoms. The van der Waals surface area contributed by atoms with Crippen molar-refractivity contribution in [3.05, 3.63) is 53.3 Å². The van der Waals surface area contributed by atoms with Crippen LogP contribution in [0, 0.1) is 0 Å². The molecule has 1 aromatic heterocycles. The predicted octanol–water partition coefficient (Wildman–Crippen LogP) is 3.32. The molecular weight excluding hydrogens is 180 g/mol. The fourth-order valence-electron chi connectivity index (χ4n) is 0.855. The molecule has 1 rings (SSSR count). The first-order valence-corrected chi connectivity index (χ1v) is 4.63. The first-order chi connectivity index (χ1) is 6.27. The standard InChI is InChI=1S/C11H10OS/c1-3-4-5-9(2)11-7-6-10(8-12)13-11/h3-8H,1-2H2/b5-4-. The highest BCUT2D eigenvalue weighted by Gasteiger charge is 1.99. The Bertz CT molecular complexity index is 358. The van der Waals surface area contributed by atoms with Gasteiger partial charge in [0.15, 0.2) is 6.29 Å². The van der Waals surface area contributed by atoms with Crippen LogP contribution in [0.25, 0.3) is 5.57 Å². The van der Waals surface area contributed by atoms with Crippen molar-refractivity contribution < 1.29 is 4.79 Å². The zero-order valence-electron chi connectivity index (χ0n) is 7.19. The molecule has 0 fully saturated rings. The van der Waals surface area contributed by atoms with Crippen molar-refractivity contribution in [3.63, 3.8) is 0 Å². The first kappa shape index (κ1) is 9.68. The smallest absolute Gasteiger partial charge is 0.160 e. The van der Waals surface area contributed by atoms with E-state index in [1.165, 1.54) is 11.3 Å². The molecule has 0 radical (unpaired) electrons. The maximum atomic E-state index is 10.4. The highest BCUT2D eigenvalue weighted by atomic mass is 32.1. The van der Waals surface area contributed by atoms with Crippen LogP contribution in [0.2, 0.25) is 0 Å². The van der Waals surface area contributed by atoms with Gasteiger partial charge in [-0.25, -0.2) is 0 Å². The second kappa shape index (κ2) is 4.58. The summed E-state index contributed by atoms with van der Waals surface area (Å²) in [6, 6.07) is 3.68. The van der Waals surface area contributed by atoms with Crippen LogP contribution in [0.3, 0.4) is 0 Å². The first-order valence-electron chi connectivity index (χ1n) is 3.81. The van der Waals surface area contributed by atoms with E-state index >= 15 is 0 Å². The van der Waals surface area contributed by atoms with Crippen LogP contribution >= 0.6 is 11.3 Å². The van der Waals surface area contributed by atoms with E-state index in [2.05, 4.69) is 13.2 Å². The Labute approximate surface area is 81.7 Å². The highest BCUT2D eigenvalue weighted by Crippen LogP contribution is 2.22. The summed E-state index contributed by atoms with van der Waals surface area (Å²) in [6.07, 6.45) is 6.23. The molecular formula is C11H10OS. The minimum absolute atomic E-state index is 0.725. The predicted molar refractivity (Wildman–Crippen MR) is 58.1 cm³/mol. The summed E-state index contributed by atoms with van der Waals surface area (Å²) in [4.78, 5) is 12.1. The minimum atomic E-state index is 0.725. The van der Waals surface area contributed by atoms with Crippen LogP contribution in [-0.2, 0) is 0 Å². The van der Waals surface area contributed by atoms with Gasteiger partial charge in [0.2, 0.25) is 0 Å². The number of thiophene rings is 1. The van der Waals surface area contributed by atoms with Crippen molar-refractivity contribution >= 4 is 23.2 Å². The quantitative estimate of drug-likeness (QED) is 0.526. The third-order valence-corrected chi connectivity index (χ3v) is 2.58. The Morgan fingerprint density at radius 2 is 2.23 bits per heavy atom. The SMILES string of the molecule is C=C/C=C\C(=C)c1ccc(C=O)s1. The second-order valence-electron chi connectivity index (χ2n) is 2.44. The minimum Gasteiger partial charge on any atom is -0.297 e. The second-order valence-corrected chi connectivity index (χ2v) is 3.56. The number of carbonyl (C=O) groups excluding carboxylic acids is 1. The molecule has 0 atom stereocenters. The molecule has 0 bridgehead atoms. The number of hydrogen-bond donors (Lipinski definition) is 0. The van der Waals surface area contributed by atoms with E-state index in [9.17, 15) is 4.79 Å². The van der Waals surface area contributed by atoms with Gasteiger partial charge in [0.1, 0.15) is 0 Å². The summed E-state index contributed by atoms with van der Waals surface area (Å²) in [6.45, 7) is 7.44. The van der Waals surface area contributed by atoms with Crippen molar-refractivity contribution in [1.82, 2.24) is 0 Å². The van der Waals surface area contributed by atoms with Gasteiger partial charge in [-0.3, -0.25) is 4.79 Å². The Kier molecular flexibility index (Phi) is 3.41. The highest BCUT2D eigenvalue weighted by molar-refractivity contribution is 7.14. The molecule has 0 unspecified atom stereocenters. The van der Waals surface area contributed by atoms with Crippen LogP contribution < -0.4 is 0 Å². The van der Waals surface area contributed by atoms with E-state index in [-0.39, 0.29) is 0 Å². The van der Waals surface area contributed by atoms with Crippen molar-refractivity contribution in [3.8, 4) is 0 Å². The van der Waals surface area contributed by atoms with E-state index in [0.29, 0.717) is 0 Å². The molecule has 0 aliphatic heterocycles. The zero-order chi connectivity index (χ0) is 9.68. The summed E-state index contributed by atoms with van der Waals surface area (Å²) < 4.78 is 0. The average molecular weight is 190 g/mol. The summed E-state index contributed by atoms with van der Waals surface area (Å²) in [5.41, 5.74) is 0.901. The lowest BCUT2D eigenvalue weighted by atomic mass is 10.2. The van der Waals surface area contributed by atoms with Crippen LogP contribution in [0.1, 0.15) is 14.5 Å². The molecule has 0 saturated carbocycles. The van der Waals surface area contributed by atoms with Gasteiger partial charge in [0, 0.05) is 4.88 Å². The molecule has 1 heterocycles. The molecule has 1 aromatic rings. The van der Waals surface area contributed by atoms with Gasteiger partial charge >= 0.3 is 0 Å². The topological polar surface area (TPSA) is 17.1 Å². The van der Waals surface area contributed by atoms with Gasteiger partial charge in [0.25, 0.3) is 0 Å². The number of hydrogen-bond acceptors (Lipinski definition) is 2. The Hall–Kier alpha value is -1.41. The van der Waals surface area contributed by atoms with Gasteiger partial charge in [0.05, 0.1) is 4.88 Å². The van der Waals surface area contributed by atoms with E-state index in [4.69, 9.17) is 0 Å². The fourth-order valence-corrected chi connectivity index (χ4v) is 1.63. The Balaban J connectivity index is 2.82. The van der Waals surface area contributed by atoms with Gasteiger partial charge in [-0.1, -0.05) is 31.4 Å².